The molecule has 3 unspecified atom stereocenters. The van der Waals surface area contributed by atoms with E-state index in [4.69, 9.17) is 18.0 Å². The maximum absolute atomic E-state index is 5.82. The number of nitrogens with zero attached hydrogens (tertiary/aromatic N) is 2. The molecule has 1 aromatic rings. The maximum Gasteiger partial charge on any atom is 0.220 e. The molecule has 0 spiro atoms. The fraction of sp³-hybridized carbons (Fsp3) is 0.800. The van der Waals surface area contributed by atoms with Crippen LogP contribution < -0.4 is 5.73 Å². The molecule has 1 heterocycles. The Kier molecular flexibility index (Phi) is 2.82. The number of nitrogens with one attached hydrogen (secondary N) is 1. The predicted molar refractivity (Wildman–Crippen MR) is 63.0 cm³/mol. The van der Waals surface area contributed by atoms with Crippen LogP contribution in [0.4, 0.5) is 5.95 Å². The van der Waals surface area contributed by atoms with Crippen molar-refractivity contribution in [3.05, 3.63) is 4.77 Å². The van der Waals surface area contributed by atoms with Gasteiger partial charge in [0.1, 0.15) is 0 Å². The van der Waals surface area contributed by atoms with Crippen molar-refractivity contribution in [2.24, 2.45) is 11.8 Å². The lowest BCUT2D eigenvalue weighted by molar-refractivity contribution is 0.329. The Bertz CT molecular complexity index is 394. The van der Waals surface area contributed by atoms with Crippen molar-refractivity contribution in [2.45, 2.75) is 39.2 Å². The summed E-state index contributed by atoms with van der Waals surface area (Å²) in [5.41, 5.74) is 5.82. The lowest BCUT2D eigenvalue weighted by Gasteiger charge is -2.21. The van der Waals surface area contributed by atoms with Gasteiger partial charge in [0.25, 0.3) is 0 Å². The van der Waals surface area contributed by atoms with Crippen LogP contribution in [0.25, 0.3) is 0 Å². The second-order valence-electron chi connectivity index (χ2n) is 4.43. The van der Waals surface area contributed by atoms with E-state index in [0.29, 0.717) is 22.7 Å². The Hall–Kier alpha value is -0.840. The quantitative estimate of drug-likeness (QED) is 0.762. The molecule has 0 bridgehead atoms. The molecule has 84 valence electrons. The van der Waals surface area contributed by atoms with Crippen LogP contribution in [0.5, 0.6) is 0 Å². The van der Waals surface area contributed by atoms with Gasteiger partial charge in [0.15, 0.2) is 4.77 Å². The van der Waals surface area contributed by atoms with Crippen molar-refractivity contribution in [3.8, 4) is 0 Å². The minimum absolute atomic E-state index is 0.432. The van der Waals surface area contributed by atoms with Gasteiger partial charge in [-0.05, 0) is 36.9 Å². The van der Waals surface area contributed by atoms with E-state index in [1.165, 1.54) is 12.8 Å². The molecule has 2 rings (SSSR count). The number of aromatic nitrogens is 3. The van der Waals surface area contributed by atoms with E-state index < -0.39 is 0 Å². The van der Waals surface area contributed by atoms with Crippen LogP contribution in [-0.2, 0) is 0 Å². The normalized spacial score (nSPS) is 30.9. The van der Waals surface area contributed by atoms with Gasteiger partial charge in [0.2, 0.25) is 5.95 Å². The van der Waals surface area contributed by atoms with Crippen LogP contribution >= 0.6 is 12.2 Å². The van der Waals surface area contributed by atoms with Crippen molar-refractivity contribution in [1.29, 1.82) is 0 Å². The molecule has 0 radical (unpaired) electrons. The van der Waals surface area contributed by atoms with Crippen molar-refractivity contribution in [2.75, 3.05) is 5.73 Å². The number of rotatable bonds is 2. The van der Waals surface area contributed by atoms with Gasteiger partial charge in [-0.3, -0.25) is 4.57 Å². The highest BCUT2D eigenvalue weighted by Crippen LogP contribution is 2.42. The standard InChI is InChI=1S/C10H18N4S/c1-3-7-4-5-8(6(7)2)14-9(11)12-13-10(14)15/h6-8H,3-5H2,1-2H3,(H2,11,12)(H,13,15). The van der Waals surface area contributed by atoms with Crippen LogP contribution in [0.1, 0.15) is 39.2 Å². The third kappa shape index (κ3) is 1.69. The first kappa shape index (κ1) is 10.7. The Labute approximate surface area is 94.9 Å². The fourth-order valence-corrected chi connectivity index (χ4v) is 3.08. The third-order valence-electron chi connectivity index (χ3n) is 3.77. The molecular formula is C10H18N4S. The van der Waals surface area contributed by atoms with Crippen molar-refractivity contribution in [3.63, 3.8) is 0 Å². The van der Waals surface area contributed by atoms with Gasteiger partial charge >= 0.3 is 0 Å². The van der Waals surface area contributed by atoms with Crippen molar-refractivity contribution >= 4 is 18.2 Å². The van der Waals surface area contributed by atoms with Crippen LogP contribution in [0.15, 0.2) is 0 Å². The second-order valence-corrected chi connectivity index (χ2v) is 4.82. The number of anilines is 1. The van der Waals surface area contributed by atoms with Crippen LogP contribution in [0, 0.1) is 16.6 Å². The Morgan fingerprint density at radius 3 is 2.80 bits per heavy atom. The van der Waals surface area contributed by atoms with E-state index in [1.54, 1.807) is 0 Å². The number of aromatic amines is 1. The van der Waals surface area contributed by atoms with Gasteiger partial charge in [-0.15, -0.1) is 5.10 Å². The lowest BCUT2D eigenvalue weighted by Crippen LogP contribution is -2.17. The first-order valence-corrected chi connectivity index (χ1v) is 5.98. The van der Waals surface area contributed by atoms with E-state index in [0.717, 1.165) is 12.3 Å². The fourth-order valence-electron chi connectivity index (χ4n) is 2.80. The summed E-state index contributed by atoms with van der Waals surface area (Å²) in [5.74, 6) is 1.96. The predicted octanol–water partition coefficient (Wildman–Crippen LogP) is 2.52. The molecular weight excluding hydrogens is 208 g/mol. The topological polar surface area (TPSA) is 59.6 Å². The molecule has 0 saturated heterocycles. The minimum Gasteiger partial charge on any atom is -0.368 e. The summed E-state index contributed by atoms with van der Waals surface area (Å²) in [5, 5.41) is 6.73. The molecule has 0 aromatic carbocycles. The minimum atomic E-state index is 0.432. The average molecular weight is 226 g/mol. The van der Waals surface area contributed by atoms with Gasteiger partial charge in [-0.2, -0.15) is 0 Å². The summed E-state index contributed by atoms with van der Waals surface area (Å²) in [4.78, 5) is 0. The molecule has 1 aliphatic rings. The van der Waals surface area contributed by atoms with Gasteiger partial charge in [0.05, 0.1) is 0 Å². The largest absolute Gasteiger partial charge is 0.368 e. The number of nitrogen functional groups attached to an aromatic ring is 1. The molecule has 3 N–H and O–H groups in total. The van der Waals surface area contributed by atoms with Crippen LogP contribution in [0.3, 0.4) is 0 Å². The van der Waals surface area contributed by atoms with Gasteiger partial charge in [-0.25, -0.2) is 5.10 Å². The molecule has 0 aliphatic heterocycles. The van der Waals surface area contributed by atoms with E-state index in [9.17, 15) is 0 Å². The Balaban J connectivity index is 2.30. The SMILES string of the molecule is CCC1CCC(n2c(N)n[nH]c2=S)C1C. The van der Waals surface area contributed by atoms with Crippen LogP contribution in [-0.4, -0.2) is 14.8 Å². The number of H-pyrrole nitrogens is 1. The molecule has 1 fully saturated rings. The molecule has 4 nitrogen and oxygen atoms in total. The first-order valence-electron chi connectivity index (χ1n) is 5.57. The zero-order chi connectivity index (χ0) is 11.0. The summed E-state index contributed by atoms with van der Waals surface area (Å²) in [7, 11) is 0. The highest BCUT2D eigenvalue weighted by molar-refractivity contribution is 7.71. The Morgan fingerprint density at radius 1 is 1.60 bits per heavy atom. The second kappa shape index (κ2) is 3.96. The first-order chi connectivity index (χ1) is 7.15. The van der Waals surface area contributed by atoms with Crippen LogP contribution in [0.2, 0.25) is 0 Å². The van der Waals surface area contributed by atoms with E-state index in [-0.39, 0.29) is 0 Å². The number of hydrogen-bond donors (Lipinski definition) is 2. The zero-order valence-corrected chi connectivity index (χ0v) is 10.0. The molecule has 5 heteroatoms. The highest BCUT2D eigenvalue weighted by Gasteiger charge is 2.34. The maximum atomic E-state index is 5.82. The molecule has 1 saturated carbocycles. The average Bonchev–Trinajstić information content (AvgIpc) is 2.71. The summed E-state index contributed by atoms with van der Waals surface area (Å²) < 4.78 is 2.64. The third-order valence-corrected chi connectivity index (χ3v) is 4.06. The lowest BCUT2D eigenvalue weighted by atomic mass is 9.93. The van der Waals surface area contributed by atoms with E-state index in [2.05, 4.69) is 24.0 Å². The van der Waals surface area contributed by atoms with Crippen molar-refractivity contribution < 1.29 is 0 Å². The molecule has 1 aliphatic carbocycles. The van der Waals surface area contributed by atoms with E-state index >= 15 is 0 Å². The molecule has 1 aromatic heterocycles. The van der Waals surface area contributed by atoms with Gasteiger partial charge in [-0.1, -0.05) is 20.3 Å². The highest BCUT2D eigenvalue weighted by atomic mass is 32.1. The Morgan fingerprint density at radius 2 is 2.33 bits per heavy atom. The summed E-state index contributed by atoms with van der Waals surface area (Å²) in [6, 6.07) is 0.432. The van der Waals surface area contributed by atoms with Crippen molar-refractivity contribution in [1.82, 2.24) is 14.8 Å². The van der Waals surface area contributed by atoms with Gasteiger partial charge in [0, 0.05) is 6.04 Å². The smallest absolute Gasteiger partial charge is 0.220 e. The molecule has 0 amide bonds. The summed E-state index contributed by atoms with van der Waals surface area (Å²) >= 11 is 5.20. The summed E-state index contributed by atoms with van der Waals surface area (Å²) in [6.45, 7) is 4.54. The zero-order valence-electron chi connectivity index (χ0n) is 9.23. The summed E-state index contributed by atoms with van der Waals surface area (Å²) in [6.07, 6.45) is 3.68. The van der Waals surface area contributed by atoms with E-state index in [1.807, 2.05) is 4.57 Å². The monoisotopic (exact) mass is 226 g/mol. The molecule has 15 heavy (non-hydrogen) atoms. The molecule has 3 atom stereocenters. The van der Waals surface area contributed by atoms with Gasteiger partial charge < -0.3 is 5.73 Å². The number of hydrogen-bond acceptors (Lipinski definition) is 3. The number of nitrogens with two attached hydrogens (primary N) is 1.